The zero-order chi connectivity index (χ0) is 14.8. The second-order valence-electron chi connectivity index (χ2n) is 5.40. The quantitative estimate of drug-likeness (QED) is 0.915. The van der Waals surface area contributed by atoms with Crippen molar-refractivity contribution in [1.82, 2.24) is 5.32 Å². The third kappa shape index (κ3) is 2.70. The van der Waals surface area contributed by atoms with Gasteiger partial charge in [0.25, 0.3) is 0 Å². The molecule has 0 aromatic heterocycles. The van der Waals surface area contributed by atoms with E-state index in [9.17, 15) is 4.79 Å². The maximum atomic E-state index is 12.6. The fourth-order valence-corrected chi connectivity index (χ4v) is 3.39. The van der Waals surface area contributed by atoms with Gasteiger partial charge in [0.15, 0.2) is 0 Å². The third-order valence-corrected chi connectivity index (χ3v) is 4.68. The van der Waals surface area contributed by atoms with Gasteiger partial charge in [-0.2, -0.15) is 0 Å². The lowest BCUT2D eigenvalue weighted by Crippen LogP contribution is -2.38. The first-order valence-electron chi connectivity index (χ1n) is 7.44. The summed E-state index contributed by atoms with van der Waals surface area (Å²) in [5.74, 6) is 0.191. The van der Waals surface area contributed by atoms with Gasteiger partial charge in [-0.15, -0.1) is 0 Å². The van der Waals surface area contributed by atoms with Crippen LogP contribution in [0.25, 0.3) is 10.8 Å². The van der Waals surface area contributed by atoms with Crippen molar-refractivity contribution in [2.45, 2.75) is 25.8 Å². The molecule has 1 aliphatic rings. The number of benzene rings is 2. The van der Waals surface area contributed by atoms with Gasteiger partial charge in [0.1, 0.15) is 0 Å². The summed E-state index contributed by atoms with van der Waals surface area (Å²) in [6, 6.07) is 12.2. The Labute approximate surface area is 133 Å². The van der Waals surface area contributed by atoms with Crippen LogP contribution in [0.15, 0.2) is 40.9 Å². The Bertz CT molecular complexity index is 671. The second-order valence-corrected chi connectivity index (χ2v) is 6.25. The molecule has 1 fully saturated rings. The van der Waals surface area contributed by atoms with Gasteiger partial charge in [0.2, 0.25) is 5.91 Å². The lowest BCUT2D eigenvalue weighted by molar-refractivity contribution is -0.118. The first-order chi connectivity index (χ1) is 10.2. The molecule has 0 saturated carbocycles. The van der Waals surface area contributed by atoms with Crippen LogP contribution in [0.3, 0.4) is 0 Å². The van der Waals surface area contributed by atoms with Gasteiger partial charge >= 0.3 is 0 Å². The summed E-state index contributed by atoms with van der Waals surface area (Å²) >= 11 is 3.59. The lowest BCUT2D eigenvalue weighted by atomic mass is 10.1. The van der Waals surface area contributed by atoms with E-state index in [0.717, 1.165) is 46.9 Å². The summed E-state index contributed by atoms with van der Waals surface area (Å²) in [6.45, 7) is 3.80. The van der Waals surface area contributed by atoms with Crippen molar-refractivity contribution in [2.75, 3.05) is 18.0 Å². The third-order valence-electron chi connectivity index (χ3n) is 3.98. The number of rotatable bonds is 4. The molecule has 0 spiro atoms. The molecular formula is C17H19BrN2O. The standard InChI is InChI=1S/C17H19BrN2O/c1-2-10-19-15-9-11-20(17(15)21)16-8-7-14(18)12-5-3-4-6-13(12)16/h3-8,15,19H,2,9-11H2,1H3. The van der Waals surface area contributed by atoms with Gasteiger partial charge in [-0.05, 0) is 36.9 Å². The predicted octanol–water partition coefficient (Wildman–Crippen LogP) is 3.71. The monoisotopic (exact) mass is 346 g/mol. The number of carbonyl (C=O) groups is 1. The van der Waals surface area contributed by atoms with Crippen LogP contribution in [0.4, 0.5) is 5.69 Å². The molecule has 110 valence electrons. The molecule has 1 aliphatic heterocycles. The average molecular weight is 347 g/mol. The van der Waals surface area contributed by atoms with Crippen LogP contribution in [0, 0.1) is 0 Å². The van der Waals surface area contributed by atoms with E-state index in [1.165, 1.54) is 0 Å². The Morgan fingerprint density at radius 1 is 1.24 bits per heavy atom. The summed E-state index contributed by atoms with van der Waals surface area (Å²) in [5, 5.41) is 5.61. The molecule has 2 aromatic rings. The van der Waals surface area contributed by atoms with E-state index in [0.29, 0.717) is 0 Å². The van der Waals surface area contributed by atoms with Gasteiger partial charge in [-0.3, -0.25) is 4.79 Å². The van der Waals surface area contributed by atoms with Crippen molar-refractivity contribution in [3.05, 3.63) is 40.9 Å². The maximum Gasteiger partial charge on any atom is 0.244 e. The number of hydrogen-bond donors (Lipinski definition) is 1. The normalized spacial score (nSPS) is 18.7. The van der Waals surface area contributed by atoms with Gasteiger partial charge in [0, 0.05) is 16.4 Å². The molecule has 0 bridgehead atoms. The Hall–Kier alpha value is -1.39. The number of fused-ring (bicyclic) bond motifs is 1. The van der Waals surface area contributed by atoms with Gasteiger partial charge in [-0.1, -0.05) is 47.1 Å². The Balaban J connectivity index is 1.95. The molecule has 1 unspecified atom stereocenters. The summed E-state index contributed by atoms with van der Waals surface area (Å²) in [4.78, 5) is 14.5. The summed E-state index contributed by atoms with van der Waals surface area (Å²) in [6.07, 6.45) is 1.92. The number of hydrogen-bond acceptors (Lipinski definition) is 2. The van der Waals surface area contributed by atoms with Crippen molar-refractivity contribution in [3.63, 3.8) is 0 Å². The first kappa shape index (κ1) is 14.5. The second kappa shape index (κ2) is 6.16. The number of anilines is 1. The molecule has 4 heteroatoms. The fourth-order valence-electron chi connectivity index (χ4n) is 2.91. The van der Waals surface area contributed by atoms with Gasteiger partial charge < -0.3 is 10.2 Å². The summed E-state index contributed by atoms with van der Waals surface area (Å²) in [5.41, 5.74) is 1.01. The molecule has 21 heavy (non-hydrogen) atoms. The molecule has 1 heterocycles. The van der Waals surface area contributed by atoms with Crippen molar-refractivity contribution in [3.8, 4) is 0 Å². The van der Waals surface area contributed by atoms with Crippen LogP contribution >= 0.6 is 15.9 Å². The van der Waals surface area contributed by atoms with Crippen molar-refractivity contribution >= 4 is 38.3 Å². The largest absolute Gasteiger partial charge is 0.310 e. The van der Waals surface area contributed by atoms with E-state index in [1.54, 1.807) is 0 Å². The van der Waals surface area contributed by atoms with Crippen LogP contribution in [0.5, 0.6) is 0 Å². The predicted molar refractivity (Wildman–Crippen MR) is 90.7 cm³/mol. The highest BCUT2D eigenvalue weighted by molar-refractivity contribution is 9.10. The number of carbonyl (C=O) groups excluding carboxylic acids is 1. The van der Waals surface area contributed by atoms with E-state index in [1.807, 2.05) is 29.2 Å². The Morgan fingerprint density at radius 3 is 2.76 bits per heavy atom. The van der Waals surface area contributed by atoms with Gasteiger partial charge in [-0.25, -0.2) is 0 Å². The molecule has 1 atom stereocenters. The van der Waals surface area contributed by atoms with E-state index in [2.05, 4.69) is 40.3 Å². The molecule has 3 rings (SSSR count). The average Bonchev–Trinajstić information content (AvgIpc) is 2.87. The van der Waals surface area contributed by atoms with E-state index in [4.69, 9.17) is 0 Å². The minimum atomic E-state index is -0.0349. The minimum absolute atomic E-state index is 0.0349. The molecule has 0 aliphatic carbocycles. The zero-order valence-electron chi connectivity index (χ0n) is 12.1. The van der Waals surface area contributed by atoms with Crippen LogP contribution in [-0.4, -0.2) is 25.0 Å². The van der Waals surface area contributed by atoms with E-state index in [-0.39, 0.29) is 11.9 Å². The summed E-state index contributed by atoms with van der Waals surface area (Å²) in [7, 11) is 0. The molecule has 2 aromatic carbocycles. The molecule has 1 saturated heterocycles. The van der Waals surface area contributed by atoms with E-state index >= 15 is 0 Å². The molecule has 1 amide bonds. The number of amides is 1. The van der Waals surface area contributed by atoms with Crippen LogP contribution in [0.1, 0.15) is 19.8 Å². The topological polar surface area (TPSA) is 32.3 Å². The maximum absolute atomic E-state index is 12.6. The minimum Gasteiger partial charge on any atom is -0.310 e. The Morgan fingerprint density at radius 2 is 2.00 bits per heavy atom. The smallest absolute Gasteiger partial charge is 0.244 e. The SMILES string of the molecule is CCCNC1CCN(c2ccc(Br)c3ccccc23)C1=O. The van der Waals surface area contributed by atoms with Crippen LogP contribution < -0.4 is 10.2 Å². The fraction of sp³-hybridized carbons (Fsp3) is 0.353. The van der Waals surface area contributed by atoms with Gasteiger partial charge in [0.05, 0.1) is 11.7 Å². The number of nitrogens with zero attached hydrogens (tertiary/aromatic N) is 1. The number of nitrogens with one attached hydrogen (secondary N) is 1. The lowest BCUT2D eigenvalue weighted by Gasteiger charge is -2.20. The van der Waals surface area contributed by atoms with Crippen LogP contribution in [0.2, 0.25) is 0 Å². The summed E-state index contributed by atoms with van der Waals surface area (Å²) < 4.78 is 1.06. The van der Waals surface area contributed by atoms with Crippen molar-refractivity contribution in [2.24, 2.45) is 0 Å². The van der Waals surface area contributed by atoms with Crippen LogP contribution in [-0.2, 0) is 4.79 Å². The highest BCUT2D eigenvalue weighted by Crippen LogP contribution is 2.34. The highest BCUT2D eigenvalue weighted by Gasteiger charge is 2.32. The molecular weight excluding hydrogens is 328 g/mol. The first-order valence-corrected chi connectivity index (χ1v) is 8.23. The molecule has 1 N–H and O–H groups in total. The van der Waals surface area contributed by atoms with Crippen molar-refractivity contribution < 1.29 is 4.79 Å². The van der Waals surface area contributed by atoms with Crippen molar-refractivity contribution in [1.29, 1.82) is 0 Å². The molecule has 3 nitrogen and oxygen atoms in total. The highest BCUT2D eigenvalue weighted by atomic mass is 79.9. The van der Waals surface area contributed by atoms with E-state index < -0.39 is 0 Å². The number of halogens is 1. The molecule has 0 radical (unpaired) electrons. The zero-order valence-corrected chi connectivity index (χ0v) is 13.7. The Kier molecular flexibility index (Phi) is 4.27.